The second-order valence-corrected chi connectivity index (χ2v) is 6.13. The molecule has 0 unspecified atom stereocenters. The molecule has 0 bridgehead atoms. The first-order valence-electron chi connectivity index (χ1n) is 7.89. The second kappa shape index (κ2) is 5.30. The van der Waals surface area contributed by atoms with E-state index in [9.17, 15) is 0 Å². The van der Waals surface area contributed by atoms with Crippen LogP contribution in [-0.2, 0) is 0 Å². The van der Waals surface area contributed by atoms with Gasteiger partial charge in [-0.1, -0.05) is 23.8 Å². The van der Waals surface area contributed by atoms with Crippen molar-refractivity contribution in [2.45, 2.75) is 27.7 Å². The average Bonchev–Trinajstić information content (AvgIpc) is 3.11. The largest absolute Gasteiger partial charge is 0.440 e. The molecule has 0 amide bonds. The van der Waals surface area contributed by atoms with Gasteiger partial charge >= 0.3 is 0 Å². The molecule has 0 aliphatic carbocycles. The van der Waals surface area contributed by atoms with Gasteiger partial charge in [0.2, 0.25) is 0 Å². The standard InChI is InChI=1S/C19H18N4O/c1-11-8-12(2)17(13(3)9-11)23-19(20-10-21-23)15-6-5-7-16-18(15)24-14(4)22-16/h5-10H,1-4H3. The Morgan fingerprint density at radius 1 is 1.00 bits per heavy atom. The lowest BCUT2D eigenvalue weighted by Crippen LogP contribution is -2.05. The van der Waals surface area contributed by atoms with Gasteiger partial charge in [0, 0.05) is 6.92 Å². The normalized spacial score (nSPS) is 11.3. The van der Waals surface area contributed by atoms with Crippen LogP contribution in [0.5, 0.6) is 0 Å². The molecule has 120 valence electrons. The Morgan fingerprint density at radius 2 is 1.75 bits per heavy atom. The highest BCUT2D eigenvalue weighted by Crippen LogP contribution is 2.30. The van der Waals surface area contributed by atoms with Crippen molar-refractivity contribution in [3.63, 3.8) is 0 Å². The zero-order valence-electron chi connectivity index (χ0n) is 14.2. The van der Waals surface area contributed by atoms with Gasteiger partial charge < -0.3 is 4.42 Å². The summed E-state index contributed by atoms with van der Waals surface area (Å²) in [5, 5.41) is 4.47. The van der Waals surface area contributed by atoms with E-state index < -0.39 is 0 Å². The van der Waals surface area contributed by atoms with Gasteiger partial charge in [-0.2, -0.15) is 5.10 Å². The van der Waals surface area contributed by atoms with Crippen LogP contribution in [0.1, 0.15) is 22.6 Å². The van der Waals surface area contributed by atoms with Crippen molar-refractivity contribution in [3.8, 4) is 17.1 Å². The second-order valence-electron chi connectivity index (χ2n) is 6.13. The Kier molecular flexibility index (Phi) is 3.23. The first-order valence-corrected chi connectivity index (χ1v) is 7.89. The van der Waals surface area contributed by atoms with Crippen molar-refractivity contribution in [3.05, 3.63) is 59.2 Å². The topological polar surface area (TPSA) is 56.7 Å². The minimum absolute atomic E-state index is 0.645. The molecule has 2 aromatic heterocycles. The fourth-order valence-electron chi connectivity index (χ4n) is 3.33. The molecular weight excluding hydrogens is 300 g/mol. The van der Waals surface area contributed by atoms with E-state index in [-0.39, 0.29) is 0 Å². The van der Waals surface area contributed by atoms with Crippen molar-refractivity contribution >= 4 is 11.1 Å². The molecule has 0 aliphatic rings. The summed E-state index contributed by atoms with van der Waals surface area (Å²) in [6.45, 7) is 8.15. The third kappa shape index (κ3) is 2.21. The van der Waals surface area contributed by atoms with E-state index in [2.05, 4.69) is 48.0 Å². The molecule has 0 aliphatic heterocycles. The average molecular weight is 318 g/mol. The summed E-state index contributed by atoms with van der Waals surface area (Å²) in [6, 6.07) is 10.2. The Morgan fingerprint density at radius 3 is 2.50 bits per heavy atom. The van der Waals surface area contributed by atoms with Crippen molar-refractivity contribution in [2.24, 2.45) is 0 Å². The molecule has 0 fully saturated rings. The van der Waals surface area contributed by atoms with E-state index in [0.717, 1.165) is 28.2 Å². The van der Waals surface area contributed by atoms with E-state index >= 15 is 0 Å². The zero-order chi connectivity index (χ0) is 16.8. The van der Waals surface area contributed by atoms with Crippen molar-refractivity contribution in [1.82, 2.24) is 19.7 Å². The Hall–Kier alpha value is -2.95. The van der Waals surface area contributed by atoms with Crippen molar-refractivity contribution in [1.29, 1.82) is 0 Å². The summed E-state index contributed by atoms with van der Waals surface area (Å²) in [5.74, 6) is 1.40. The number of aromatic nitrogens is 4. The summed E-state index contributed by atoms with van der Waals surface area (Å²) < 4.78 is 7.69. The lowest BCUT2D eigenvalue weighted by Gasteiger charge is -2.13. The van der Waals surface area contributed by atoms with Gasteiger partial charge in [-0.3, -0.25) is 0 Å². The highest BCUT2D eigenvalue weighted by Gasteiger charge is 2.18. The van der Waals surface area contributed by atoms with Crippen LogP contribution in [0.4, 0.5) is 0 Å². The van der Waals surface area contributed by atoms with Gasteiger partial charge in [-0.05, 0) is 44.0 Å². The molecule has 0 saturated heterocycles. The Bertz CT molecular complexity index is 1040. The van der Waals surface area contributed by atoms with E-state index in [0.29, 0.717) is 5.89 Å². The highest BCUT2D eigenvalue weighted by atomic mass is 16.3. The van der Waals surface area contributed by atoms with Gasteiger partial charge in [0.25, 0.3) is 0 Å². The van der Waals surface area contributed by atoms with E-state index in [1.807, 2.05) is 29.8 Å². The number of para-hydroxylation sites is 1. The van der Waals surface area contributed by atoms with E-state index in [1.165, 1.54) is 16.7 Å². The highest BCUT2D eigenvalue weighted by molar-refractivity contribution is 5.88. The minimum atomic E-state index is 0.645. The summed E-state index contributed by atoms with van der Waals surface area (Å²) >= 11 is 0. The lowest BCUT2D eigenvalue weighted by atomic mass is 10.0. The Balaban J connectivity index is 1.99. The maximum absolute atomic E-state index is 5.80. The SMILES string of the molecule is Cc1cc(C)c(-n2ncnc2-c2cccc3nc(C)oc23)c(C)c1. The first-order chi connectivity index (χ1) is 11.5. The monoisotopic (exact) mass is 318 g/mol. The molecule has 0 atom stereocenters. The third-order valence-electron chi connectivity index (χ3n) is 4.16. The molecule has 0 N–H and O–H groups in total. The van der Waals surface area contributed by atoms with Crippen molar-refractivity contribution < 1.29 is 4.42 Å². The fourth-order valence-corrected chi connectivity index (χ4v) is 3.33. The summed E-state index contributed by atoms with van der Waals surface area (Å²) in [7, 11) is 0. The molecule has 2 aromatic carbocycles. The van der Waals surface area contributed by atoms with Crippen LogP contribution < -0.4 is 0 Å². The molecule has 5 heteroatoms. The van der Waals surface area contributed by atoms with Gasteiger partial charge in [-0.25, -0.2) is 14.6 Å². The Labute approximate surface area is 140 Å². The number of rotatable bonds is 2. The number of hydrogen-bond acceptors (Lipinski definition) is 4. The van der Waals surface area contributed by atoms with E-state index in [1.54, 1.807) is 6.33 Å². The number of oxazole rings is 1. The predicted octanol–water partition coefficient (Wildman–Crippen LogP) is 4.31. The van der Waals surface area contributed by atoms with Gasteiger partial charge in [0.05, 0.1) is 11.3 Å². The fraction of sp³-hybridized carbons (Fsp3) is 0.211. The quantitative estimate of drug-likeness (QED) is 0.552. The van der Waals surface area contributed by atoms with Crippen LogP contribution in [-0.4, -0.2) is 19.7 Å². The molecule has 4 rings (SSSR count). The van der Waals surface area contributed by atoms with Crippen LogP contribution in [0.15, 0.2) is 41.1 Å². The van der Waals surface area contributed by atoms with Crippen molar-refractivity contribution in [2.75, 3.05) is 0 Å². The summed E-state index contributed by atoms with van der Waals surface area (Å²) in [6.07, 6.45) is 1.58. The van der Waals surface area contributed by atoms with Gasteiger partial charge in [-0.15, -0.1) is 0 Å². The van der Waals surface area contributed by atoms with E-state index in [4.69, 9.17) is 4.42 Å². The number of hydrogen-bond donors (Lipinski definition) is 0. The predicted molar refractivity (Wildman–Crippen MR) is 93.3 cm³/mol. The number of fused-ring (bicyclic) bond motifs is 1. The third-order valence-corrected chi connectivity index (χ3v) is 4.16. The summed E-state index contributed by atoms with van der Waals surface area (Å²) in [5.41, 5.74) is 7.10. The number of aryl methyl sites for hydroxylation is 4. The van der Waals surface area contributed by atoms with Gasteiger partial charge in [0.15, 0.2) is 17.3 Å². The molecule has 24 heavy (non-hydrogen) atoms. The first kappa shape index (κ1) is 14.6. The van der Waals surface area contributed by atoms with Crippen LogP contribution in [0.25, 0.3) is 28.2 Å². The molecule has 5 nitrogen and oxygen atoms in total. The minimum Gasteiger partial charge on any atom is -0.440 e. The van der Waals surface area contributed by atoms with Crippen LogP contribution in [0.3, 0.4) is 0 Å². The number of nitrogens with zero attached hydrogens (tertiary/aromatic N) is 4. The lowest BCUT2D eigenvalue weighted by molar-refractivity contribution is 0.561. The van der Waals surface area contributed by atoms with Gasteiger partial charge in [0.1, 0.15) is 11.8 Å². The molecule has 4 aromatic rings. The summed E-state index contributed by atoms with van der Waals surface area (Å²) in [4.78, 5) is 8.90. The maximum atomic E-state index is 5.80. The smallest absolute Gasteiger partial charge is 0.192 e. The van der Waals surface area contributed by atoms with Crippen LogP contribution >= 0.6 is 0 Å². The van der Waals surface area contributed by atoms with Crippen LogP contribution in [0, 0.1) is 27.7 Å². The molecular formula is C19H18N4O. The zero-order valence-corrected chi connectivity index (χ0v) is 14.2. The number of benzene rings is 2. The van der Waals surface area contributed by atoms with Crippen LogP contribution in [0.2, 0.25) is 0 Å². The molecule has 2 heterocycles. The molecule has 0 spiro atoms. The molecule has 0 radical (unpaired) electrons. The maximum Gasteiger partial charge on any atom is 0.192 e. The molecule has 0 saturated carbocycles.